The lowest BCUT2D eigenvalue weighted by molar-refractivity contribution is -0.136. The van der Waals surface area contributed by atoms with E-state index in [0.29, 0.717) is 25.9 Å². The topological polar surface area (TPSA) is 109 Å². The van der Waals surface area contributed by atoms with Crippen molar-refractivity contribution in [1.82, 2.24) is 30.5 Å². The van der Waals surface area contributed by atoms with Crippen LogP contribution in [0.15, 0.2) is 12.4 Å². The van der Waals surface area contributed by atoms with Crippen LogP contribution in [0.2, 0.25) is 0 Å². The smallest absolute Gasteiger partial charge is 0.322 e. The molecule has 0 aromatic carbocycles. The van der Waals surface area contributed by atoms with Gasteiger partial charge in [-0.1, -0.05) is 5.21 Å². The fourth-order valence-corrected chi connectivity index (χ4v) is 2.57. The zero-order valence-electron chi connectivity index (χ0n) is 10.7. The Balaban J connectivity index is 1.60. The summed E-state index contributed by atoms with van der Waals surface area (Å²) < 4.78 is 1.46. The Labute approximate surface area is 114 Å². The average molecular weight is 278 g/mol. The van der Waals surface area contributed by atoms with Crippen molar-refractivity contribution >= 4 is 17.8 Å². The summed E-state index contributed by atoms with van der Waals surface area (Å²) in [7, 11) is 0. The summed E-state index contributed by atoms with van der Waals surface area (Å²) in [5, 5.41) is 12.3. The predicted octanol–water partition coefficient (Wildman–Crippen LogP) is -1.52. The number of likely N-dealkylation sites (tertiary alicyclic amines) is 1. The summed E-state index contributed by atoms with van der Waals surface area (Å²) in [6.45, 7) is 0.994. The van der Waals surface area contributed by atoms with E-state index in [9.17, 15) is 14.4 Å². The number of nitrogens with zero attached hydrogens (tertiary/aromatic N) is 4. The number of hydrogen-bond acceptors (Lipinski definition) is 5. The van der Waals surface area contributed by atoms with Crippen LogP contribution in [0.1, 0.15) is 12.8 Å². The second-order valence-electron chi connectivity index (χ2n) is 4.97. The molecule has 9 heteroatoms. The number of rotatable bonds is 2. The molecule has 1 aromatic rings. The number of hydrogen-bond donors (Lipinski definition) is 2. The van der Waals surface area contributed by atoms with Gasteiger partial charge in [0.1, 0.15) is 12.1 Å². The van der Waals surface area contributed by atoms with Crippen molar-refractivity contribution in [3.63, 3.8) is 0 Å². The Kier molecular flexibility index (Phi) is 2.88. The van der Waals surface area contributed by atoms with Crippen molar-refractivity contribution in [3.05, 3.63) is 12.4 Å². The first kappa shape index (κ1) is 12.6. The number of nitrogens with one attached hydrogen (secondary N) is 2. The van der Waals surface area contributed by atoms with Gasteiger partial charge in [0.2, 0.25) is 5.91 Å². The van der Waals surface area contributed by atoms with E-state index < -0.39 is 11.6 Å². The maximum absolute atomic E-state index is 12.1. The van der Waals surface area contributed by atoms with Crippen LogP contribution >= 0.6 is 0 Å². The molecule has 0 bridgehead atoms. The van der Waals surface area contributed by atoms with Gasteiger partial charge in [0.15, 0.2) is 0 Å². The second-order valence-corrected chi connectivity index (χ2v) is 4.97. The molecule has 4 amide bonds. The average Bonchev–Trinajstić information content (AvgIpc) is 3.00. The van der Waals surface area contributed by atoms with Gasteiger partial charge in [-0.05, 0) is 12.8 Å². The molecule has 2 saturated heterocycles. The fourth-order valence-electron chi connectivity index (χ4n) is 2.57. The number of imide groups is 1. The van der Waals surface area contributed by atoms with Crippen molar-refractivity contribution < 1.29 is 14.4 Å². The molecule has 1 spiro atoms. The molecule has 1 aromatic heterocycles. The maximum atomic E-state index is 12.1. The minimum Gasteiger partial charge on any atom is -0.341 e. The third-order valence-corrected chi connectivity index (χ3v) is 3.75. The molecule has 0 radical (unpaired) electrons. The van der Waals surface area contributed by atoms with Crippen LogP contribution in [0.3, 0.4) is 0 Å². The summed E-state index contributed by atoms with van der Waals surface area (Å²) in [6.07, 6.45) is 3.98. The van der Waals surface area contributed by atoms with Crippen molar-refractivity contribution in [2.75, 3.05) is 13.1 Å². The monoisotopic (exact) mass is 278 g/mol. The number of urea groups is 1. The highest BCUT2D eigenvalue weighted by atomic mass is 16.2. The third-order valence-electron chi connectivity index (χ3n) is 3.75. The summed E-state index contributed by atoms with van der Waals surface area (Å²) in [4.78, 5) is 36.7. The van der Waals surface area contributed by atoms with Gasteiger partial charge in [0, 0.05) is 19.3 Å². The predicted molar refractivity (Wildman–Crippen MR) is 65.2 cm³/mol. The van der Waals surface area contributed by atoms with E-state index in [-0.39, 0.29) is 18.4 Å². The SMILES string of the molecule is O=C1NC(=O)C2(CCN(C(=O)Cn3ccnn3)CC2)N1. The lowest BCUT2D eigenvalue weighted by Crippen LogP contribution is -2.56. The van der Waals surface area contributed by atoms with E-state index in [1.54, 1.807) is 11.1 Å². The molecular weight excluding hydrogens is 264 g/mol. The summed E-state index contributed by atoms with van der Waals surface area (Å²) >= 11 is 0. The highest BCUT2D eigenvalue weighted by Crippen LogP contribution is 2.25. The van der Waals surface area contributed by atoms with Crippen LogP contribution in [0.4, 0.5) is 4.79 Å². The highest BCUT2D eigenvalue weighted by molar-refractivity contribution is 6.07. The van der Waals surface area contributed by atoms with Gasteiger partial charge in [-0.25, -0.2) is 9.48 Å². The largest absolute Gasteiger partial charge is 0.341 e. The molecular formula is C11H14N6O3. The van der Waals surface area contributed by atoms with E-state index in [4.69, 9.17) is 0 Å². The highest BCUT2D eigenvalue weighted by Gasteiger charge is 2.48. The number of amides is 4. The Morgan fingerprint density at radius 1 is 1.35 bits per heavy atom. The molecule has 0 aliphatic carbocycles. The lowest BCUT2D eigenvalue weighted by atomic mass is 9.88. The summed E-state index contributed by atoms with van der Waals surface area (Å²) in [6, 6.07) is -0.461. The number of carbonyl (C=O) groups excluding carboxylic acids is 3. The minimum absolute atomic E-state index is 0.0740. The van der Waals surface area contributed by atoms with Gasteiger partial charge >= 0.3 is 6.03 Å². The number of piperidine rings is 1. The van der Waals surface area contributed by atoms with E-state index in [0.717, 1.165) is 0 Å². The molecule has 20 heavy (non-hydrogen) atoms. The van der Waals surface area contributed by atoms with Gasteiger partial charge in [0.25, 0.3) is 5.91 Å². The maximum Gasteiger partial charge on any atom is 0.322 e. The Hall–Kier alpha value is -2.45. The standard InChI is InChI=1S/C11H14N6O3/c18-8(7-17-6-3-12-15-17)16-4-1-11(2-5-16)9(19)13-10(20)14-11/h3,6H,1-2,4-5,7H2,(H2,13,14,19,20). The van der Waals surface area contributed by atoms with Crippen LogP contribution in [-0.4, -0.2) is 56.4 Å². The molecule has 106 valence electrons. The molecule has 0 unspecified atom stereocenters. The van der Waals surface area contributed by atoms with Crippen LogP contribution < -0.4 is 10.6 Å². The van der Waals surface area contributed by atoms with Crippen LogP contribution in [0.5, 0.6) is 0 Å². The molecule has 0 atom stereocenters. The summed E-state index contributed by atoms with van der Waals surface area (Å²) in [5.41, 5.74) is -0.846. The molecule has 3 rings (SSSR count). The van der Waals surface area contributed by atoms with E-state index in [1.165, 1.54) is 10.9 Å². The third kappa shape index (κ3) is 2.10. The quantitative estimate of drug-likeness (QED) is 0.638. The van der Waals surface area contributed by atoms with Crippen molar-refractivity contribution in [2.24, 2.45) is 0 Å². The number of aromatic nitrogens is 3. The zero-order chi connectivity index (χ0) is 14.2. The van der Waals surface area contributed by atoms with Crippen molar-refractivity contribution in [2.45, 2.75) is 24.9 Å². The fraction of sp³-hybridized carbons (Fsp3) is 0.545. The first-order valence-corrected chi connectivity index (χ1v) is 6.35. The van der Waals surface area contributed by atoms with Gasteiger partial charge in [-0.2, -0.15) is 0 Å². The Morgan fingerprint density at radius 3 is 2.65 bits per heavy atom. The van der Waals surface area contributed by atoms with Crippen LogP contribution in [0, 0.1) is 0 Å². The zero-order valence-corrected chi connectivity index (χ0v) is 10.7. The molecule has 2 aliphatic rings. The minimum atomic E-state index is -0.846. The Morgan fingerprint density at radius 2 is 2.10 bits per heavy atom. The van der Waals surface area contributed by atoms with Crippen LogP contribution in [0.25, 0.3) is 0 Å². The lowest BCUT2D eigenvalue weighted by Gasteiger charge is -2.36. The van der Waals surface area contributed by atoms with E-state index in [1.807, 2.05) is 0 Å². The molecule has 0 saturated carbocycles. The molecule has 2 fully saturated rings. The second kappa shape index (κ2) is 4.58. The van der Waals surface area contributed by atoms with Gasteiger partial charge in [0.05, 0.1) is 6.20 Å². The normalized spacial score (nSPS) is 20.9. The molecule has 2 aliphatic heterocycles. The molecule has 2 N–H and O–H groups in total. The van der Waals surface area contributed by atoms with Crippen molar-refractivity contribution in [1.29, 1.82) is 0 Å². The van der Waals surface area contributed by atoms with Gasteiger partial charge < -0.3 is 10.2 Å². The van der Waals surface area contributed by atoms with E-state index in [2.05, 4.69) is 20.9 Å². The number of carbonyl (C=O) groups is 3. The first-order chi connectivity index (χ1) is 9.59. The molecule has 9 nitrogen and oxygen atoms in total. The van der Waals surface area contributed by atoms with Gasteiger partial charge in [-0.3, -0.25) is 14.9 Å². The summed E-state index contributed by atoms with van der Waals surface area (Å²) in [5.74, 6) is -0.374. The van der Waals surface area contributed by atoms with Gasteiger partial charge in [-0.15, -0.1) is 5.10 Å². The van der Waals surface area contributed by atoms with Crippen molar-refractivity contribution in [3.8, 4) is 0 Å². The van der Waals surface area contributed by atoms with Crippen LogP contribution in [-0.2, 0) is 16.1 Å². The molecule has 3 heterocycles. The first-order valence-electron chi connectivity index (χ1n) is 6.35. The Bertz CT molecular complexity index is 547. The van der Waals surface area contributed by atoms with E-state index >= 15 is 0 Å².